The molecule has 4 heteroatoms. The molecule has 0 fully saturated rings. The summed E-state index contributed by atoms with van der Waals surface area (Å²) in [6.45, 7) is 5.61. The molecule has 1 heterocycles. The number of hydrogen-bond donors (Lipinski definition) is 1. The van der Waals surface area contributed by atoms with E-state index in [4.69, 9.17) is 5.11 Å². The first-order valence-corrected chi connectivity index (χ1v) is 4.59. The minimum Gasteiger partial charge on any atom is -0.481 e. The van der Waals surface area contributed by atoms with Gasteiger partial charge in [0.05, 0.1) is 6.42 Å². The van der Waals surface area contributed by atoms with Crippen molar-refractivity contribution in [2.45, 2.75) is 33.6 Å². The van der Waals surface area contributed by atoms with E-state index in [0.717, 1.165) is 23.4 Å². The van der Waals surface area contributed by atoms with Gasteiger partial charge in [-0.25, -0.2) is 9.97 Å². The molecule has 0 amide bonds. The standard InChI is InChI=1S/C10H14N2O2/c1-4-9-8(5-10(13)14)6(2)11-7(3)12-9/h4-5H2,1-3H3,(H,13,14). The molecule has 0 spiro atoms. The molecule has 1 aromatic heterocycles. The Labute approximate surface area is 83.0 Å². The second-order valence-corrected chi connectivity index (χ2v) is 3.21. The minimum absolute atomic E-state index is 0.00921. The lowest BCUT2D eigenvalue weighted by Gasteiger charge is -2.08. The maximum Gasteiger partial charge on any atom is 0.307 e. The van der Waals surface area contributed by atoms with Crippen molar-refractivity contribution in [2.75, 3.05) is 0 Å². The zero-order valence-electron chi connectivity index (χ0n) is 8.66. The van der Waals surface area contributed by atoms with Gasteiger partial charge in [0.15, 0.2) is 0 Å². The molecule has 1 N–H and O–H groups in total. The van der Waals surface area contributed by atoms with Crippen molar-refractivity contribution in [1.29, 1.82) is 0 Å². The first-order chi connectivity index (χ1) is 6.54. The van der Waals surface area contributed by atoms with E-state index in [1.165, 1.54) is 0 Å². The molecule has 1 rings (SSSR count). The highest BCUT2D eigenvalue weighted by molar-refractivity contribution is 5.70. The van der Waals surface area contributed by atoms with Crippen molar-refractivity contribution in [2.24, 2.45) is 0 Å². The van der Waals surface area contributed by atoms with Crippen molar-refractivity contribution in [3.8, 4) is 0 Å². The van der Waals surface area contributed by atoms with Gasteiger partial charge in [-0.05, 0) is 20.3 Å². The molecule has 14 heavy (non-hydrogen) atoms. The third kappa shape index (κ3) is 2.28. The quantitative estimate of drug-likeness (QED) is 0.787. The van der Waals surface area contributed by atoms with Crippen LogP contribution in [0, 0.1) is 13.8 Å². The number of carboxylic acid groups (broad SMARTS) is 1. The van der Waals surface area contributed by atoms with Crippen LogP contribution in [0.4, 0.5) is 0 Å². The van der Waals surface area contributed by atoms with Gasteiger partial charge in [0.25, 0.3) is 0 Å². The molecular formula is C10H14N2O2. The highest BCUT2D eigenvalue weighted by Crippen LogP contribution is 2.12. The van der Waals surface area contributed by atoms with Gasteiger partial charge in [-0.2, -0.15) is 0 Å². The van der Waals surface area contributed by atoms with Crippen molar-refractivity contribution < 1.29 is 9.90 Å². The lowest BCUT2D eigenvalue weighted by atomic mass is 10.1. The van der Waals surface area contributed by atoms with Gasteiger partial charge in [-0.3, -0.25) is 4.79 Å². The van der Waals surface area contributed by atoms with Crippen LogP contribution in [-0.4, -0.2) is 21.0 Å². The van der Waals surface area contributed by atoms with Crippen molar-refractivity contribution in [3.63, 3.8) is 0 Å². The normalized spacial score (nSPS) is 10.2. The number of hydrogen-bond acceptors (Lipinski definition) is 3. The Kier molecular flexibility index (Phi) is 3.17. The SMILES string of the molecule is CCc1nc(C)nc(C)c1CC(=O)O. The van der Waals surface area contributed by atoms with Crippen LogP contribution in [0.1, 0.15) is 29.7 Å². The molecule has 0 radical (unpaired) electrons. The van der Waals surface area contributed by atoms with Crippen LogP contribution in [0.3, 0.4) is 0 Å². The van der Waals surface area contributed by atoms with Gasteiger partial charge < -0.3 is 5.11 Å². The molecule has 76 valence electrons. The molecule has 0 bridgehead atoms. The summed E-state index contributed by atoms with van der Waals surface area (Å²) in [5, 5.41) is 8.73. The number of aryl methyl sites for hydroxylation is 3. The second-order valence-electron chi connectivity index (χ2n) is 3.21. The highest BCUT2D eigenvalue weighted by atomic mass is 16.4. The van der Waals surface area contributed by atoms with E-state index in [9.17, 15) is 4.79 Å². The number of carboxylic acids is 1. The lowest BCUT2D eigenvalue weighted by molar-refractivity contribution is -0.136. The largest absolute Gasteiger partial charge is 0.481 e. The Bertz CT molecular complexity index is 361. The van der Waals surface area contributed by atoms with E-state index >= 15 is 0 Å². The smallest absolute Gasteiger partial charge is 0.307 e. The fourth-order valence-corrected chi connectivity index (χ4v) is 1.48. The second kappa shape index (κ2) is 4.17. The summed E-state index contributed by atoms with van der Waals surface area (Å²) >= 11 is 0. The lowest BCUT2D eigenvalue weighted by Crippen LogP contribution is -2.10. The van der Waals surface area contributed by atoms with Crippen LogP contribution in [-0.2, 0) is 17.6 Å². The summed E-state index contributed by atoms with van der Waals surface area (Å²) in [6, 6.07) is 0. The summed E-state index contributed by atoms with van der Waals surface area (Å²) in [7, 11) is 0. The third-order valence-corrected chi connectivity index (χ3v) is 2.07. The van der Waals surface area contributed by atoms with E-state index in [1.807, 2.05) is 20.8 Å². The Morgan fingerprint density at radius 1 is 1.36 bits per heavy atom. The van der Waals surface area contributed by atoms with Crippen LogP contribution in [0.2, 0.25) is 0 Å². The number of carbonyl (C=O) groups is 1. The van der Waals surface area contributed by atoms with Crippen molar-refractivity contribution in [3.05, 3.63) is 22.8 Å². The van der Waals surface area contributed by atoms with E-state index in [-0.39, 0.29) is 6.42 Å². The first kappa shape index (κ1) is 10.6. The average molecular weight is 194 g/mol. The Morgan fingerprint density at radius 3 is 2.50 bits per heavy atom. The zero-order valence-corrected chi connectivity index (χ0v) is 8.66. The molecule has 0 aliphatic heterocycles. The third-order valence-electron chi connectivity index (χ3n) is 2.07. The first-order valence-electron chi connectivity index (χ1n) is 4.59. The Hall–Kier alpha value is -1.45. The summed E-state index contributed by atoms with van der Waals surface area (Å²) in [4.78, 5) is 19.0. The number of aromatic nitrogens is 2. The van der Waals surface area contributed by atoms with Gasteiger partial charge >= 0.3 is 5.97 Å². The van der Waals surface area contributed by atoms with E-state index in [2.05, 4.69) is 9.97 Å². The summed E-state index contributed by atoms with van der Waals surface area (Å²) < 4.78 is 0. The molecule has 1 aromatic rings. The molecule has 0 saturated heterocycles. The van der Waals surface area contributed by atoms with E-state index < -0.39 is 5.97 Å². The molecule has 0 aliphatic rings. The van der Waals surface area contributed by atoms with Gasteiger partial charge in [-0.1, -0.05) is 6.92 Å². The summed E-state index contributed by atoms with van der Waals surface area (Å²) in [5.41, 5.74) is 2.37. The number of rotatable bonds is 3. The fraction of sp³-hybridized carbons (Fsp3) is 0.500. The Morgan fingerprint density at radius 2 is 2.00 bits per heavy atom. The summed E-state index contributed by atoms with van der Waals surface area (Å²) in [6.07, 6.45) is 0.752. The molecule has 0 saturated carbocycles. The fourth-order valence-electron chi connectivity index (χ4n) is 1.48. The van der Waals surface area contributed by atoms with Crippen molar-refractivity contribution >= 4 is 5.97 Å². The van der Waals surface area contributed by atoms with Gasteiger partial charge in [0.1, 0.15) is 5.82 Å². The maximum atomic E-state index is 10.6. The maximum absolute atomic E-state index is 10.6. The van der Waals surface area contributed by atoms with Crippen LogP contribution in [0.25, 0.3) is 0 Å². The molecule has 0 aliphatic carbocycles. The number of nitrogens with zero attached hydrogens (tertiary/aromatic N) is 2. The zero-order chi connectivity index (χ0) is 10.7. The van der Waals surface area contributed by atoms with Crippen LogP contribution in [0.5, 0.6) is 0 Å². The van der Waals surface area contributed by atoms with E-state index in [1.54, 1.807) is 0 Å². The van der Waals surface area contributed by atoms with Gasteiger partial charge in [0, 0.05) is 17.0 Å². The van der Waals surface area contributed by atoms with E-state index in [0.29, 0.717) is 5.82 Å². The van der Waals surface area contributed by atoms with Crippen LogP contribution in [0.15, 0.2) is 0 Å². The molecule has 0 atom stereocenters. The van der Waals surface area contributed by atoms with Gasteiger partial charge in [0.2, 0.25) is 0 Å². The van der Waals surface area contributed by atoms with Crippen molar-refractivity contribution in [1.82, 2.24) is 9.97 Å². The molecule has 4 nitrogen and oxygen atoms in total. The average Bonchev–Trinajstić information content (AvgIpc) is 2.08. The van der Waals surface area contributed by atoms with Crippen LogP contribution < -0.4 is 0 Å². The van der Waals surface area contributed by atoms with Gasteiger partial charge in [-0.15, -0.1) is 0 Å². The monoisotopic (exact) mass is 194 g/mol. The molecule has 0 aromatic carbocycles. The predicted octanol–water partition coefficient (Wildman–Crippen LogP) is 1.28. The Balaban J connectivity index is 3.18. The molecule has 0 unspecified atom stereocenters. The van der Waals surface area contributed by atoms with Crippen LogP contribution >= 0.6 is 0 Å². The predicted molar refractivity (Wildman–Crippen MR) is 52.2 cm³/mol. The summed E-state index contributed by atoms with van der Waals surface area (Å²) in [5.74, 6) is -0.135. The molecular weight excluding hydrogens is 180 g/mol. The topological polar surface area (TPSA) is 63.1 Å². The minimum atomic E-state index is -0.838. The highest BCUT2D eigenvalue weighted by Gasteiger charge is 2.11. The number of aliphatic carboxylic acids is 1.